The first kappa shape index (κ1) is 15.4. The molecule has 0 aliphatic heterocycles. The van der Waals surface area contributed by atoms with E-state index in [1.165, 1.54) is 12.1 Å². The molecule has 2 rings (SSSR count). The third-order valence-corrected chi connectivity index (χ3v) is 3.26. The van der Waals surface area contributed by atoms with Crippen LogP contribution in [-0.4, -0.2) is 0 Å². The molecule has 0 aliphatic rings. The number of hydrogen-bond acceptors (Lipinski definition) is 2. The molecule has 0 atom stereocenters. The van der Waals surface area contributed by atoms with Crippen LogP contribution in [0.3, 0.4) is 0 Å². The smallest absolute Gasteiger partial charge is 0.381 e. The number of hydrogen-bond donors (Lipinski definition) is 1. The van der Waals surface area contributed by atoms with Crippen molar-refractivity contribution in [3.63, 3.8) is 0 Å². The van der Waals surface area contributed by atoms with Crippen LogP contribution in [0.4, 0.5) is 18.9 Å². The fourth-order valence-corrected chi connectivity index (χ4v) is 2.27. The van der Waals surface area contributed by atoms with Crippen molar-refractivity contribution in [1.29, 1.82) is 5.26 Å². The molecule has 6 heteroatoms. The highest BCUT2D eigenvalue weighted by molar-refractivity contribution is 9.10. The summed E-state index contributed by atoms with van der Waals surface area (Å²) in [6.07, 6.45) is -4.32. The number of benzene rings is 2. The van der Waals surface area contributed by atoms with Gasteiger partial charge in [0.2, 0.25) is 0 Å². The second-order valence-electron chi connectivity index (χ2n) is 4.39. The lowest BCUT2D eigenvalue weighted by atomic mass is 10.1. The molecule has 2 aromatic rings. The maximum absolute atomic E-state index is 12.4. The first-order valence-corrected chi connectivity index (χ1v) is 6.78. The molecule has 0 radical (unpaired) electrons. The minimum atomic E-state index is -4.32. The van der Waals surface area contributed by atoms with E-state index in [-0.39, 0.29) is 0 Å². The quantitative estimate of drug-likeness (QED) is 0.846. The van der Waals surface area contributed by atoms with Crippen LogP contribution >= 0.6 is 15.9 Å². The van der Waals surface area contributed by atoms with Crippen LogP contribution in [0.5, 0.6) is 0 Å². The Kier molecular flexibility index (Phi) is 4.53. The summed E-state index contributed by atoms with van der Waals surface area (Å²) in [5.41, 5.74) is 1.28. The Labute approximate surface area is 128 Å². The van der Waals surface area contributed by atoms with Gasteiger partial charge in [-0.3, -0.25) is 0 Å². The zero-order chi connectivity index (χ0) is 15.5. The summed E-state index contributed by atoms with van der Waals surface area (Å²) in [5.74, 6) is 0. The third kappa shape index (κ3) is 4.23. The van der Waals surface area contributed by atoms with Crippen molar-refractivity contribution in [3.05, 3.63) is 63.6 Å². The standard InChI is InChI=1S/C15H10BrF3N2/c16-13-5-11(8-20)6-14(7-13)21-9-10-1-3-12(4-2-10)15(17,18)19/h1-7,21H,9H2. The van der Waals surface area contributed by atoms with Gasteiger partial charge in [0.1, 0.15) is 0 Å². The molecule has 108 valence electrons. The van der Waals surface area contributed by atoms with Crippen molar-refractivity contribution in [2.24, 2.45) is 0 Å². The number of nitriles is 1. The SMILES string of the molecule is N#Cc1cc(Br)cc(NCc2ccc(C(F)(F)F)cc2)c1. The maximum atomic E-state index is 12.4. The summed E-state index contributed by atoms with van der Waals surface area (Å²) in [7, 11) is 0. The van der Waals surface area contributed by atoms with Crippen LogP contribution in [0.25, 0.3) is 0 Å². The Bertz CT molecular complexity index is 673. The number of anilines is 1. The normalized spacial score (nSPS) is 11.0. The molecule has 0 fully saturated rings. The summed E-state index contributed by atoms with van der Waals surface area (Å²) in [6.45, 7) is 0.374. The Balaban J connectivity index is 2.07. The van der Waals surface area contributed by atoms with Crippen molar-refractivity contribution in [3.8, 4) is 6.07 Å². The molecule has 0 bridgehead atoms. The molecule has 0 amide bonds. The number of rotatable bonds is 3. The fraction of sp³-hybridized carbons (Fsp3) is 0.133. The minimum Gasteiger partial charge on any atom is -0.381 e. The highest BCUT2D eigenvalue weighted by Gasteiger charge is 2.29. The van der Waals surface area contributed by atoms with E-state index in [4.69, 9.17) is 5.26 Å². The molecule has 0 aliphatic carbocycles. The highest BCUT2D eigenvalue weighted by atomic mass is 79.9. The molecule has 0 saturated heterocycles. The van der Waals surface area contributed by atoms with Gasteiger partial charge in [0, 0.05) is 16.7 Å². The van der Waals surface area contributed by atoms with Crippen LogP contribution in [0.1, 0.15) is 16.7 Å². The number of alkyl halides is 3. The molecule has 0 spiro atoms. The summed E-state index contributed by atoms with van der Waals surface area (Å²) in [4.78, 5) is 0. The number of halogens is 4. The van der Waals surface area contributed by atoms with Crippen LogP contribution in [-0.2, 0) is 12.7 Å². The Morgan fingerprint density at radius 3 is 2.33 bits per heavy atom. The average molecular weight is 355 g/mol. The molecular formula is C15H10BrF3N2. The van der Waals surface area contributed by atoms with Gasteiger partial charge in [0.25, 0.3) is 0 Å². The minimum absolute atomic E-state index is 0.374. The van der Waals surface area contributed by atoms with Crippen molar-refractivity contribution < 1.29 is 13.2 Å². The van der Waals surface area contributed by atoms with Crippen molar-refractivity contribution >= 4 is 21.6 Å². The summed E-state index contributed by atoms with van der Waals surface area (Å²) >= 11 is 3.30. The van der Waals surface area contributed by atoms with E-state index in [0.29, 0.717) is 12.1 Å². The molecule has 0 saturated carbocycles. The van der Waals surface area contributed by atoms with Crippen LogP contribution in [0.2, 0.25) is 0 Å². The first-order chi connectivity index (χ1) is 9.88. The lowest BCUT2D eigenvalue weighted by molar-refractivity contribution is -0.137. The second-order valence-corrected chi connectivity index (χ2v) is 5.30. The maximum Gasteiger partial charge on any atom is 0.416 e. The molecule has 2 nitrogen and oxygen atoms in total. The van der Waals surface area contributed by atoms with Gasteiger partial charge in [-0.1, -0.05) is 28.1 Å². The summed E-state index contributed by atoms with van der Waals surface area (Å²) in [5, 5.41) is 11.9. The monoisotopic (exact) mass is 354 g/mol. The number of nitrogens with one attached hydrogen (secondary N) is 1. The molecule has 1 N–H and O–H groups in total. The van der Waals surface area contributed by atoms with Gasteiger partial charge in [-0.2, -0.15) is 18.4 Å². The molecule has 0 heterocycles. The highest BCUT2D eigenvalue weighted by Crippen LogP contribution is 2.29. The van der Waals surface area contributed by atoms with Gasteiger partial charge in [-0.25, -0.2) is 0 Å². The van der Waals surface area contributed by atoms with Gasteiger partial charge in [0.15, 0.2) is 0 Å². The summed E-state index contributed by atoms with van der Waals surface area (Å²) < 4.78 is 38.1. The van der Waals surface area contributed by atoms with Crippen molar-refractivity contribution in [1.82, 2.24) is 0 Å². The van der Waals surface area contributed by atoms with E-state index in [9.17, 15) is 13.2 Å². The van der Waals surface area contributed by atoms with Crippen LogP contribution in [0.15, 0.2) is 46.9 Å². The van der Waals surface area contributed by atoms with Gasteiger partial charge in [-0.05, 0) is 35.9 Å². The molecule has 21 heavy (non-hydrogen) atoms. The summed E-state index contributed by atoms with van der Waals surface area (Å²) in [6, 6.07) is 12.2. The fourth-order valence-electron chi connectivity index (χ4n) is 1.77. The Morgan fingerprint density at radius 2 is 1.76 bits per heavy atom. The Morgan fingerprint density at radius 1 is 1.10 bits per heavy atom. The van der Waals surface area contributed by atoms with Gasteiger partial charge in [0.05, 0.1) is 17.2 Å². The van der Waals surface area contributed by atoms with Gasteiger partial charge in [-0.15, -0.1) is 0 Å². The van der Waals surface area contributed by atoms with E-state index in [1.807, 2.05) is 6.07 Å². The topological polar surface area (TPSA) is 35.8 Å². The zero-order valence-electron chi connectivity index (χ0n) is 10.7. The van der Waals surface area contributed by atoms with Crippen molar-refractivity contribution in [2.75, 3.05) is 5.32 Å². The number of nitrogens with zero attached hydrogens (tertiary/aromatic N) is 1. The van der Waals surface area contributed by atoms with E-state index in [0.717, 1.165) is 27.9 Å². The molecular weight excluding hydrogens is 345 g/mol. The van der Waals surface area contributed by atoms with E-state index < -0.39 is 11.7 Å². The Hall–Kier alpha value is -2.00. The van der Waals surface area contributed by atoms with Gasteiger partial charge >= 0.3 is 6.18 Å². The second kappa shape index (κ2) is 6.19. The van der Waals surface area contributed by atoms with Gasteiger partial charge < -0.3 is 5.32 Å². The predicted octanol–water partition coefficient (Wildman–Crippen LogP) is 4.95. The third-order valence-electron chi connectivity index (χ3n) is 2.80. The van der Waals surface area contributed by atoms with E-state index >= 15 is 0 Å². The molecule has 2 aromatic carbocycles. The predicted molar refractivity (Wildman–Crippen MR) is 77.6 cm³/mol. The van der Waals surface area contributed by atoms with E-state index in [1.54, 1.807) is 18.2 Å². The van der Waals surface area contributed by atoms with Crippen molar-refractivity contribution in [2.45, 2.75) is 12.7 Å². The van der Waals surface area contributed by atoms with E-state index in [2.05, 4.69) is 21.2 Å². The molecule has 0 aromatic heterocycles. The van der Waals surface area contributed by atoms with Crippen LogP contribution < -0.4 is 5.32 Å². The average Bonchev–Trinajstić information content (AvgIpc) is 2.44. The largest absolute Gasteiger partial charge is 0.416 e. The first-order valence-electron chi connectivity index (χ1n) is 5.99. The lowest BCUT2D eigenvalue weighted by Gasteiger charge is -2.10. The molecule has 0 unspecified atom stereocenters. The lowest BCUT2D eigenvalue weighted by Crippen LogP contribution is -2.05. The zero-order valence-corrected chi connectivity index (χ0v) is 12.3. The van der Waals surface area contributed by atoms with Crippen LogP contribution in [0, 0.1) is 11.3 Å².